The van der Waals surface area contributed by atoms with Gasteiger partial charge in [0.15, 0.2) is 0 Å². The number of ether oxygens (including phenoxy) is 1. The third-order valence-electron chi connectivity index (χ3n) is 5.30. The van der Waals surface area contributed by atoms with E-state index in [0.29, 0.717) is 5.56 Å². The zero-order valence-corrected chi connectivity index (χ0v) is 17.5. The Labute approximate surface area is 188 Å². The van der Waals surface area contributed by atoms with E-state index in [0.717, 1.165) is 22.6 Å². The molecule has 2 amide bonds. The number of rotatable bonds is 6. The van der Waals surface area contributed by atoms with E-state index in [-0.39, 0.29) is 24.2 Å². The number of carbonyl (C=O) groups excluding carboxylic acids is 2. The quantitative estimate of drug-likeness (QED) is 0.384. The average molecular weight is 452 g/mol. The smallest absolute Gasteiger partial charge is 0.408 e. The van der Waals surface area contributed by atoms with Crippen LogP contribution in [0.4, 0.5) is 10.5 Å². The molecule has 1 aliphatic rings. The van der Waals surface area contributed by atoms with E-state index in [1.165, 1.54) is 12.1 Å². The number of non-ortho nitro benzene ring substituents is 1. The molecule has 0 radical (unpaired) electrons. The maximum atomic E-state index is 12.8. The molecule has 0 bridgehead atoms. The molecule has 33 heavy (non-hydrogen) atoms. The number of nitro groups is 1. The number of benzene rings is 2. The van der Waals surface area contributed by atoms with Crippen LogP contribution in [0, 0.1) is 21.4 Å². The van der Waals surface area contributed by atoms with E-state index in [4.69, 9.17) is 10.00 Å². The van der Waals surface area contributed by atoms with Crippen LogP contribution in [0.1, 0.15) is 40.9 Å². The summed E-state index contributed by atoms with van der Waals surface area (Å²) >= 11 is 0. The van der Waals surface area contributed by atoms with Crippen molar-refractivity contribution in [3.05, 3.63) is 75.3 Å². The number of carbonyl (C=O) groups is 3. The first-order valence-electron chi connectivity index (χ1n) is 9.95. The van der Waals surface area contributed by atoms with Gasteiger partial charge in [0.25, 0.3) is 5.69 Å². The molecule has 1 heterocycles. The number of amides is 2. The van der Waals surface area contributed by atoms with Crippen LogP contribution >= 0.6 is 0 Å². The molecule has 2 aromatic carbocycles. The molecule has 1 fully saturated rings. The Hall–Kier alpha value is -4.46. The molecule has 0 aliphatic carbocycles. The molecular weight excluding hydrogens is 432 g/mol. The molecule has 3 atom stereocenters. The number of carboxylic acid groups (broad SMARTS) is 1. The van der Waals surface area contributed by atoms with Gasteiger partial charge in [-0.05, 0) is 36.8 Å². The molecular formula is C22H20N4O7. The van der Waals surface area contributed by atoms with Crippen molar-refractivity contribution < 1.29 is 29.2 Å². The number of hydrogen-bond donors (Lipinski definition) is 2. The van der Waals surface area contributed by atoms with Gasteiger partial charge in [0.2, 0.25) is 5.91 Å². The van der Waals surface area contributed by atoms with Crippen LogP contribution in [0.2, 0.25) is 0 Å². The topological polar surface area (TPSA) is 163 Å². The number of nitro benzene ring substituents is 1. The Balaban J connectivity index is 1.65. The number of nitriles is 1. The highest BCUT2D eigenvalue weighted by Crippen LogP contribution is 2.24. The van der Waals surface area contributed by atoms with Gasteiger partial charge in [-0.3, -0.25) is 19.8 Å². The number of hydrogen-bond acceptors (Lipinski definition) is 7. The molecule has 2 aromatic rings. The number of esters is 1. The summed E-state index contributed by atoms with van der Waals surface area (Å²) in [5.74, 6) is -1.31. The third-order valence-corrected chi connectivity index (χ3v) is 5.30. The normalized spacial score (nSPS) is 18.1. The second-order valence-electron chi connectivity index (χ2n) is 7.48. The monoisotopic (exact) mass is 452 g/mol. The number of likely N-dealkylation sites (tertiary alicyclic amines) is 1. The van der Waals surface area contributed by atoms with Gasteiger partial charge in [-0.1, -0.05) is 12.1 Å². The van der Waals surface area contributed by atoms with E-state index in [1.807, 2.05) is 6.07 Å². The fourth-order valence-corrected chi connectivity index (χ4v) is 3.52. The summed E-state index contributed by atoms with van der Waals surface area (Å²) < 4.78 is 5.35. The van der Waals surface area contributed by atoms with Gasteiger partial charge >= 0.3 is 12.1 Å². The summed E-state index contributed by atoms with van der Waals surface area (Å²) in [6, 6.07) is 11.9. The molecule has 1 saturated heterocycles. The molecule has 0 saturated carbocycles. The molecule has 0 aromatic heterocycles. The van der Waals surface area contributed by atoms with Crippen LogP contribution in [0.25, 0.3) is 0 Å². The third kappa shape index (κ3) is 5.43. The largest absolute Gasteiger partial charge is 0.465 e. The van der Waals surface area contributed by atoms with Crippen LogP contribution in [0.3, 0.4) is 0 Å². The molecule has 3 rings (SSSR count). The highest BCUT2D eigenvalue weighted by Gasteiger charge is 2.42. The molecule has 3 unspecified atom stereocenters. The predicted molar refractivity (Wildman–Crippen MR) is 113 cm³/mol. The highest BCUT2D eigenvalue weighted by molar-refractivity contribution is 5.90. The van der Waals surface area contributed by atoms with Gasteiger partial charge in [-0.15, -0.1) is 0 Å². The van der Waals surface area contributed by atoms with Crippen molar-refractivity contribution in [1.82, 2.24) is 10.2 Å². The highest BCUT2D eigenvalue weighted by atomic mass is 16.6. The lowest BCUT2D eigenvalue weighted by atomic mass is 10.1. The first-order valence-corrected chi connectivity index (χ1v) is 9.95. The van der Waals surface area contributed by atoms with E-state index >= 15 is 0 Å². The van der Waals surface area contributed by atoms with E-state index < -0.39 is 41.1 Å². The predicted octanol–water partition coefficient (Wildman–Crippen LogP) is 2.62. The zero-order chi connectivity index (χ0) is 24.1. The zero-order valence-electron chi connectivity index (χ0n) is 17.5. The van der Waals surface area contributed by atoms with Crippen LogP contribution < -0.4 is 5.32 Å². The Bertz CT molecular complexity index is 1110. The summed E-state index contributed by atoms with van der Waals surface area (Å²) in [5, 5.41) is 31.9. The van der Waals surface area contributed by atoms with E-state index in [2.05, 4.69) is 5.32 Å². The van der Waals surface area contributed by atoms with Crippen LogP contribution in [0.15, 0.2) is 48.5 Å². The molecule has 2 N–H and O–H groups in total. The maximum absolute atomic E-state index is 12.8. The van der Waals surface area contributed by atoms with Crippen molar-refractivity contribution in [1.29, 1.82) is 5.26 Å². The van der Waals surface area contributed by atoms with Gasteiger partial charge in [0.05, 0.1) is 34.7 Å². The average Bonchev–Trinajstić information content (AvgIpc) is 3.23. The molecule has 11 heteroatoms. The van der Waals surface area contributed by atoms with Gasteiger partial charge in [0, 0.05) is 18.6 Å². The summed E-state index contributed by atoms with van der Waals surface area (Å²) in [6.45, 7) is 1.54. The summed E-state index contributed by atoms with van der Waals surface area (Å²) in [4.78, 5) is 47.9. The molecule has 0 spiro atoms. The van der Waals surface area contributed by atoms with Crippen molar-refractivity contribution in [3.63, 3.8) is 0 Å². The number of nitrogens with one attached hydrogen (secondary N) is 1. The lowest BCUT2D eigenvalue weighted by molar-refractivity contribution is -0.384. The molecule has 11 nitrogen and oxygen atoms in total. The maximum Gasteiger partial charge on any atom is 0.408 e. The van der Waals surface area contributed by atoms with Gasteiger partial charge in [-0.2, -0.15) is 5.26 Å². The lowest BCUT2D eigenvalue weighted by Crippen LogP contribution is -2.46. The SMILES string of the molecule is CC(NC(=O)C1CC(OC(=O)c2ccc([N+](=O)[O-])cc2)CN1C(=O)O)c1ccc(C#N)cc1. The van der Waals surface area contributed by atoms with Crippen LogP contribution in [0.5, 0.6) is 0 Å². The standard InChI is InChI=1S/C22H20N4O7/c1-13(15-4-2-14(11-23)3-5-15)24-20(27)19-10-18(12-25(19)22(29)30)33-21(28)16-6-8-17(9-7-16)26(31)32/h2-9,13,18-19H,10,12H2,1H3,(H,24,27)(H,29,30). The fourth-order valence-electron chi connectivity index (χ4n) is 3.52. The van der Waals surface area contributed by atoms with Crippen molar-refractivity contribution >= 4 is 23.7 Å². The van der Waals surface area contributed by atoms with Gasteiger partial charge < -0.3 is 15.2 Å². The first-order chi connectivity index (χ1) is 15.7. The van der Waals surface area contributed by atoms with Crippen molar-refractivity contribution in [2.45, 2.75) is 31.5 Å². The van der Waals surface area contributed by atoms with Crippen LogP contribution in [-0.4, -0.2) is 51.6 Å². The van der Waals surface area contributed by atoms with Crippen molar-refractivity contribution in [2.75, 3.05) is 6.54 Å². The summed E-state index contributed by atoms with van der Waals surface area (Å²) in [5.41, 5.74) is 1.11. The summed E-state index contributed by atoms with van der Waals surface area (Å²) in [7, 11) is 0. The minimum Gasteiger partial charge on any atom is -0.465 e. The first kappa shape index (κ1) is 23.2. The van der Waals surface area contributed by atoms with Crippen LogP contribution in [-0.2, 0) is 9.53 Å². The molecule has 1 aliphatic heterocycles. The Kier molecular flexibility index (Phi) is 6.88. The lowest BCUT2D eigenvalue weighted by Gasteiger charge is -2.22. The molecule has 170 valence electrons. The number of nitrogens with zero attached hydrogens (tertiary/aromatic N) is 3. The minimum atomic E-state index is -1.32. The van der Waals surface area contributed by atoms with Gasteiger partial charge in [-0.25, -0.2) is 9.59 Å². The fraction of sp³-hybridized carbons (Fsp3) is 0.273. The summed E-state index contributed by atoms with van der Waals surface area (Å²) in [6.07, 6.45) is -2.21. The van der Waals surface area contributed by atoms with Crippen molar-refractivity contribution in [3.8, 4) is 6.07 Å². The second kappa shape index (κ2) is 9.78. The van der Waals surface area contributed by atoms with E-state index in [1.54, 1.807) is 31.2 Å². The Morgan fingerprint density at radius 3 is 2.39 bits per heavy atom. The minimum absolute atomic E-state index is 0.0308. The second-order valence-corrected chi connectivity index (χ2v) is 7.48. The van der Waals surface area contributed by atoms with E-state index in [9.17, 15) is 29.6 Å². The van der Waals surface area contributed by atoms with Gasteiger partial charge in [0.1, 0.15) is 12.1 Å². The van der Waals surface area contributed by atoms with Crippen molar-refractivity contribution in [2.24, 2.45) is 0 Å². The Morgan fingerprint density at radius 1 is 1.21 bits per heavy atom. The Morgan fingerprint density at radius 2 is 1.85 bits per heavy atom.